The van der Waals surface area contributed by atoms with Crippen molar-refractivity contribution in [2.24, 2.45) is 0 Å². The van der Waals surface area contributed by atoms with Crippen molar-refractivity contribution in [2.75, 3.05) is 12.3 Å². The van der Waals surface area contributed by atoms with E-state index >= 15 is 0 Å². The molecule has 2 aromatic carbocycles. The van der Waals surface area contributed by atoms with Crippen molar-refractivity contribution < 1.29 is 0 Å². The molecule has 0 amide bonds. The predicted octanol–water partition coefficient (Wildman–Crippen LogP) is 3.87. The minimum Gasteiger partial charge on any atom is -0.399 e. The van der Waals surface area contributed by atoms with Gasteiger partial charge in [0.15, 0.2) is 0 Å². The highest BCUT2D eigenvalue weighted by atomic mass is 35.5. The average molecular weight is 287 g/mol. The van der Waals surface area contributed by atoms with Crippen LogP contribution in [0.3, 0.4) is 0 Å². The second-order valence-corrected chi connectivity index (χ2v) is 5.91. The molecule has 0 spiro atoms. The lowest BCUT2D eigenvalue weighted by molar-refractivity contribution is 0.261. The van der Waals surface area contributed by atoms with Gasteiger partial charge in [-0.25, -0.2) is 0 Å². The second kappa shape index (κ2) is 5.86. The molecule has 0 aliphatic carbocycles. The molecule has 0 bridgehead atoms. The molecular weight excluding hydrogens is 268 g/mol. The SMILES string of the molecule is Nc1cc(Cl)cc(CN2CCCc3ccccc3C2)c1. The normalized spacial score (nSPS) is 15.7. The van der Waals surface area contributed by atoms with E-state index in [1.807, 2.05) is 12.1 Å². The zero-order valence-electron chi connectivity index (χ0n) is 11.5. The maximum Gasteiger partial charge on any atom is 0.0429 e. The maximum atomic E-state index is 6.08. The number of nitrogen functional groups attached to an aromatic ring is 1. The molecule has 20 heavy (non-hydrogen) atoms. The summed E-state index contributed by atoms with van der Waals surface area (Å²) in [5.74, 6) is 0. The summed E-state index contributed by atoms with van der Waals surface area (Å²) in [5.41, 5.74) is 10.7. The van der Waals surface area contributed by atoms with Gasteiger partial charge in [0, 0.05) is 23.8 Å². The molecule has 2 nitrogen and oxygen atoms in total. The average Bonchev–Trinajstić information content (AvgIpc) is 2.59. The lowest BCUT2D eigenvalue weighted by Gasteiger charge is -2.21. The first-order valence-electron chi connectivity index (χ1n) is 7.05. The van der Waals surface area contributed by atoms with Gasteiger partial charge in [0.25, 0.3) is 0 Å². The zero-order valence-corrected chi connectivity index (χ0v) is 12.2. The Balaban J connectivity index is 1.78. The number of rotatable bonds is 2. The molecule has 0 saturated heterocycles. The number of halogens is 1. The Labute approximate surface area is 125 Å². The molecule has 1 heterocycles. The summed E-state index contributed by atoms with van der Waals surface area (Å²) in [4.78, 5) is 2.47. The van der Waals surface area contributed by atoms with Crippen molar-refractivity contribution in [3.05, 3.63) is 64.2 Å². The van der Waals surface area contributed by atoms with Gasteiger partial charge in [-0.3, -0.25) is 4.90 Å². The zero-order chi connectivity index (χ0) is 13.9. The van der Waals surface area contributed by atoms with Crippen molar-refractivity contribution in [1.29, 1.82) is 0 Å². The third kappa shape index (κ3) is 3.14. The van der Waals surface area contributed by atoms with Gasteiger partial charge in [0.05, 0.1) is 0 Å². The van der Waals surface area contributed by atoms with Gasteiger partial charge >= 0.3 is 0 Å². The van der Waals surface area contributed by atoms with E-state index in [0.717, 1.165) is 30.3 Å². The molecule has 0 unspecified atom stereocenters. The van der Waals surface area contributed by atoms with Crippen LogP contribution in [0.4, 0.5) is 5.69 Å². The first-order valence-corrected chi connectivity index (χ1v) is 7.42. The highest BCUT2D eigenvalue weighted by Gasteiger charge is 2.14. The van der Waals surface area contributed by atoms with Crippen LogP contribution in [0.15, 0.2) is 42.5 Å². The number of fused-ring (bicyclic) bond motifs is 1. The highest BCUT2D eigenvalue weighted by molar-refractivity contribution is 6.30. The first-order chi connectivity index (χ1) is 9.70. The van der Waals surface area contributed by atoms with Gasteiger partial charge in [0.1, 0.15) is 0 Å². The second-order valence-electron chi connectivity index (χ2n) is 5.48. The topological polar surface area (TPSA) is 29.3 Å². The van der Waals surface area contributed by atoms with Gasteiger partial charge in [-0.1, -0.05) is 35.9 Å². The van der Waals surface area contributed by atoms with E-state index in [1.54, 1.807) is 6.07 Å². The Hall–Kier alpha value is -1.51. The van der Waals surface area contributed by atoms with E-state index in [2.05, 4.69) is 29.2 Å². The van der Waals surface area contributed by atoms with Crippen molar-refractivity contribution >= 4 is 17.3 Å². The van der Waals surface area contributed by atoms with Crippen LogP contribution in [0, 0.1) is 0 Å². The molecule has 1 aliphatic heterocycles. The predicted molar refractivity (Wildman–Crippen MR) is 84.7 cm³/mol. The summed E-state index contributed by atoms with van der Waals surface area (Å²) < 4.78 is 0. The van der Waals surface area contributed by atoms with Crippen LogP contribution in [0.2, 0.25) is 5.02 Å². The van der Waals surface area contributed by atoms with Crippen molar-refractivity contribution in [3.8, 4) is 0 Å². The van der Waals surface area contributed by atoms with Gasteiger partial charge in [-0.2, -0.15) is 0 Å². The van der Waals surface area contributed by atoms with E-state index in [0.29, 0.717) is 0 Å². The maximum absolute atomic E-state index is 6.08. The first kappa shape index (κ1) is 13.5. The molecule has 2 aromatic rings. The molecule has 0 atom stereocenters. The third-order valence-corrected chi connectivity index (χ3v) is 4.04. The van der Waals surface area contributed by atoms with Crippen LogP contribution in [-0.2, 0) is 19.5 Å². The molecular formula is C17H19ClN2. The fourth-order valence-corrected chi connectivity index (χ4v) is 3.19. The smallest absolute Gasteiger partial charge is 0.0429 e. The van der Waals surface area contributed by atoms with Crippen molar-refractivity contribution in [3.63, 3.8) is 0 Å². The van der Waals surface area contributed by atoms with E-state index in [4.69, 9.17) is 17.3 Å². The lowest BCUT2D eigenvalue weighted by Crippen LogP contribution is -2.22. The molecule has 0 fully saturated rings. The van der Waals surface area contributed by atoms with Crippen LogP contribution in [-0.4, -0.2) is 11.4 Å². The minimum absolute atomic E-state index is 0.718. The summed E-state index contributed by atoms with van der Waals surface area (Å²) in [7, 11) is 0. The summed E-state index contributed by atoms with van der Waals surface area (Å²) in [6.07, 6.45) is 2.37. The molecule has 1 aliphatic rings. The van der Waals surface area contributed by atoms with Crippen LogP contribution in [0.25, 0.3) is 0 Å². The van der Waals surface area contributed by atoms with Gasteiger partial charge in [0.2, 0.25) is 0 Å². The molecule has 3 heteroatoms. The van der Waals surface area contributed by atoms with Crippen LogP contribution in [0.5, 0.6) is 0 Å². The van der Waals surface area contributed by atoms with Crippen molar-refractivity contribution in [2.45, 2.75) is 25.9 Å². The standard InChI is InChI=1S/C17H19ClN2/c18-16-8-13(9-17(19)10-16)11-20-7-3-6-14-4-1-2-5-15(14)12-20/h1-2,4-5,8-10H,3,6-7,11-12,19H2. The number of nitrogens with two attached hydrogens (primary N) is 1. The minimum atomic E-state index is 0.718. The lowest BCUT2D eigenvalue weighted by atomic mass is 10.0. The van der Waals surface area contributed by atoms with E-state index < -0.39 is 0 Å². The fraction of sp³-hybridized carbons (Fsp3) is 0.294. The fourth-order valence-electron chi connectivity index (χ4n) is 2.93. The molecule has 2 N–H and O–H groups in total. The number of hydrogen-bond acceptors (Lipinski definition) is 2. The molecule has 3 rings (SSSR count). The third-order valence-electron chi connectivity index (χ3n) is 3.82. The molecule has 0 aromatic heterocycles. The van der Waals surface area contributed by atoms with Gasteiger partial charge < -0.3 is 5.73 Å². The summed E-state index contributed by atoms with van der Waals surface area (Å²) >= 11 is 6.08. The Kier molecular flexibility index (Phi) is 3.95. The molecule has 104 valence electrons. The number of hydrogen-bond donors (Lipinski definition) is 1. The largest absolute Gasteiger partial charge is 0.399 e. The van der Waals surface area contributed by atoms with Crippen LogP contribution >= 0.6 is 11.6 Å². The Bertz CT molecular complexity index is 589. The van der Waals surface area contributed by atoms with E-state index in [-0.39, 0.29) is 0 Å². The Morgan fingerprint density at radius 3 is 2.70 bits per heavy atom. The summed E-state index contributed by atoms with van der Waals surface area (Å²) in [5, 5.41) is 0.718. The van der Waals surface area contributed by atoms with Crippen LogP contribution < -0.4 is 5.73 Å². The van der Waals surface area contributed by atoms with Crippen LogP contribution in [0.1, 0.15) is 23.1 Å². The van der Waals surface area contributed by atoms with Crippen molar-refractivity contribution in [1.82, 2.24) is 4.90 Å². The summed E-state index contributed by atoms with van der Waals surface area (Å²) in [6.45, 7) is 3.02. The number of benzene rings is 2. The number of aryl methyl sites for hydroxylation is 1. The molecule has 0 radical (unpaired) electrons. The Morgan fingerprint density at radius 1 is 1.10 bits per heavy atom. The van der Waals surface area contributed by atoms with Gasteiger partial charge in [-0.15, -0.1) is 0 Å². The molecule has 0 saturated carbocycles. The number of anilines is 1. The highest BCUT2D eigenvalue weighted by Crippen LogP contribution is 2.22. The van der Waals surface area contributed by atoms with E-state index in [1.165, 1.54) is 29.5 Å². The van der Waals surface area contributed by atoms with Gasteiger partial charge in [-0.05, 0) is 54.3 Å². The summed E-state index contributed by atoms with van der Waals surface area (Å²) in [6, 6.07) is 14.6. The Morgan fingerprint density at radius 2 is 1.90 bits per heavy atom. The number of nitrogens with zero attached hydrogens (tertiary/aromatic N) is 1. The monoisotopic (exact) mass is 286 g/mol. The quantitative estimate of drug-likeness (QED) is 0.849. The van der Waals surface area contributed by atoms with E-state index in [9.17, 15) is 0 Å².